The largest absolute Gasteiger partial charge is 0.381 e. The standard InChI is InChI=1S/2C14H26O.2C14H26.8H2/c2*1-11-3-5-12(6-4-11)13-7-9-14(15-2)10-8-13;2*1-11-3-7-13(8-4-11)14-9-5-12(2)6-10-14;;;;;;;;/h2*11-14H,3-10H2,1-2H3;2*11-14H,3-10H2,1-2H3;8*1H. The molecule has 8 aliphatic carbocycles. The molecule has 0 aliphatic heterocycles. The topological polar surface area (TPSA) is 18.5 Å². The van der Waals surface area contributed by atoms with Crippen LogP contribution in [0.15, 0.2) is 0 Å². The van der Waals surface area contributed by atoms with Gasteiger partial charge in [0.05, 0.1) is 12.2 Å². The SMILES string of the molecule is CC1CCC(C2CCC(C)CC2)CC1.CC1CCC(C2CCC(C)CC2)CC1.COC1CCC(C2CCC(C)CC2)CC1.COC1CCC(C2CCC(C)CC2)CC1.[HH].[HH].[HH].[HH].[HH].[HH].[HH].[HH]. The van der Waals surface area contributed by atoms with Crippen LogP contribution in [-0.2, 0) is 9.47 Å². The van der Waals surface area contributed by atoms with Crippen LogP contribution in [0.2, 0.25) is 0 Å². The molecule has 2 heteroatoms. The summed E-state index contributed by atoms with van der Waals surface area (Å²) >= 11 is 0. The Hall–Kier alpha value is -0.0800. The van der Waals surface area contributed by atoms with Crippen molar-refractivity contribution < 1.29 is 20.9 Å². The zero-order valence-corrected chi connectivity index (χ0v) is 40.7. The van der Waals surface area contributed by atoms with Gasteiger partial charge in [0, 0.05) is 25.6 Å². The Morgan fingerprint density at radius 2 is 0.328 bits per heavy atom. The lowest BCUT2D eigenvalue weighted by Gasteiger charge is -2.36. The smallest absolute Gasteiger partial charge is 0.0571 e. The van der Waals surface area contributed by atoms with Crippen molar-refractivity contribution in [2.75, 3.05) is 14.2 Å². The van der Waals surface area contributed by atoms with Crippen molar-refractivity contribution in [3.8, 4) is 0 Å². The molecule has 0 spiro atoms. The maximum absolute atomic E-state index is 5.44. The van der Waals surface area contributed by atoms with Crippen LogP contribution in [0.4, 0.5) is 0 Å². The van der Waals surface area contributed by atoms with Crippen molar-refractivity contribution in [2.45, 2.75) is 259 Å². The third kappa shape index (κ3) is 16.9. The van der Waals surface area contributed by atoms with Crippen molar-refractivity contribution in [3.63, 3.8) is 0 Å². The average Bonchev–Trinajstić information content (AvgIpc) is 3.26. The van der Waals surface area contributed by atoms with Gasteiger partial charge in [-0.1, -0.05) is 119 Å². The fraction of sp³-hybridized carbons (Fsp3) is 1.00. The summed E-state index contributed by atoms with van der Waals surface area (Å²) in [4.78, 5) is 0. The van der Waals surface area contributed by atoms with Gasteiger partial charge in [0.2, 0.25) is 0 Å². The lowest BCUT2D eigenvalue weighted by molar-refractivity contribution is 0.0398. The molecule has 0 aromatic carbocycles. The van der Waals surface area contributed by atoms with E-state index in [0.717, 1.165) is 82.9 Å². The van der Waals surface area contributed by atoms with E-state index in [1.165, 1.54) is 154 Å². The van der Waals surface area contributed by atoms with E-state index in [4.69, 9.17) is 9.47 Å². The van der Waals surface area contributed by atoms with Gasteiger partial charge < -0.3 is 9.47 Å². The summed E-state index contributed by atoms with van der Waals surface area (Å²) in [5.74, 6) is 14.7. The van der Waals surface area contributed by atoms with Gasteiger partial charge in [-0.25, -0.2) is 0 Å². The molecule has 0 heterocycles. The maximum atomic E-state index is 5.44. The van der Waals surface area contributed by atoms with Crippen LogP contribution in [-0.4, -0.2) is 26.4 Å². The number of hydrogen-bond acceptors (Lipinski definition) is 2. The summed E-state index contributed by atoms with van der Waals surface area (Å²) in [6, 6.07) is 0. The first-order valence-electron chi connectivity index (χ1n) is 27.1. The van der Waals surface area contributed by atoms with Gasteiger partial charge in [-0.05, 0) is 211 Å². The monoisotopic (exact) mass is 825 g/mol. The van der Waals surface area contributed by atoms with Crippen LogP contribution in [0.3, 0.4) is 0 Å². The van der Waals surface area contributed by atoms with E-state index in [2.05, 4.69) is 41.5 Å². The fourth-order valence-corrected chi connectivity index (χ4v) is 14.1. The first-order valence-corrected chi connectivity index (χ1v) is 27.1. The van der Waals surface area contributed by atoms with Gasteiger partial charge in [-0.3, -0.25) is 0 Å². The number of rotatable bonds is 6. The van der Waals surface area contributed by atoms with Crippen molar-refractivity contribution >= 4 is 0 Å². The van der Waals surface area contributed by atoms with Crippen molar-refractivity contribution in [1.82, 2.24) is 0 Å². The molecule has 8 saturated carbocycles. The second kappa shape index (κ2) is 26.5. The molecule has 356 valence electrons. The summed E-state index contributed by atoms with van der Waals surface area (Å²) in [6.07, 6.45) is 48.5. The Bertz CT molecular complexity index is 904. The van der Waals surface area contributed by atoms with E-state index < -0.39 is 0 Å². The third-order valence-electron chi connectivity index (χ3n) is 19.1. The van der Waals surface area contributed by atoms with Gasteiger partial charge in [-0.2, -0.15) is 0 Å². The highest BCUT2D eigenvalue weighted by molar-refractivity contribution is 4.84. The number of ether oxygens (including phenoxy) is 2. The molecule has 0 aromatic heterocycles. The summed E-state index contributed by atoms with van der Waals surface area (Å²) in [7, 11) is 3.74. The van der Waals surface area contributed by atoms with E-state index >= 15 is 0 Å². The van der Waals surface area contributed by atoms with Gasteiger partial charge in [0.1, 0.15) is 0 Å². The van der Waals surface area contributed by atoms with Crippen LogP contribution in [0, 0.1) is 82.9 Å². The van der Waals surface area contributed by atoms with E-state index in [0.29, 0.717) is 12.2 Å². The van der Waals surface area contributed by atoms with Crippen LogP contribution >= 0.6 is 0 Å². The van der Waals surface area contributed by atoms with Gasteiger partial charge >= 0.3 is 0 Å². The van der Waals surface area contributed by atoms with Crippen LogP contribution in [0.1, 0.15) is 258 Å². The minimum Gasteiger partial charge on any atom is -0.381 e. The summed E-state index contributed by atoms with van der Waals surface area (Å²) in [6.45, 7) is 14.5. The molecule has 0 saturated heterocycles. The number of methoxy groups -OCH3 is 2. The molecule has 2 nitrogen and oxygen atoms in total. The van der Waals surface area contributed by atoms with Crippen molar-refractivity contribution in [2.24, 2.45) is 82.9 Å². The van der Waals surface area contributed by atoms with Crippen molar-refractivity contribution in [1.29, 1.82) is 0 Å². The highest BCUT2D eigenvalue weighted by Gasteiger charge is 2.32. The Balaban J connectivity index is -0.000000373. The molecule has 0 unspecified atom stereocenters. The van der Waals surface area contributed by atoms with Gasteiger partial charge in [0.25, 0.3) is 0 Å². The first kappa shape index (κ1) is 48.9. The molecular weight excluding hydrogens is 705 g/mol. The molecule has 0 amide bonds. The molecule has 8 aliphatic rings. The molecule has 0 radical (unpaired) electrons. The lowest BCUT2D eigenvalue weighted by Crippen LogP contribution is -2.27. The third-order valence-corrected chi connectivity index (χ3v) is 19.1. The van der Waals surface area contributed by atoms with Gasteiger partial charge in [-0.15, -0.1) is 0 Å². The van der Waals surface area contributed by atoms with Gasteiger partial charge in [0.15, 0.2) is 0 Å². The minimum absolute atomic E-state index is 0. The van der Waals surface area contributed by atoms with E-state index in [1.807, 2.05) is 14.2 Å². The highest BCUT2D eigenvalue weighted by atomic mass is 16.5. The summed E-state index contributed by atoms with van der Waals surface area (Å²) in [5.41, 5.74) is 0. The van der Waals surface area contributed by atoms with Crippen molar-refractivity contribution in [3.05, 3.63) is 0 Å². The molecule has 0 bridgehead atoms. The second-order valence-corrected chi connectivity index (χ2v) is 23.7. The molecule has 0 aromatic rings. The zero-order chi connectivity index (χ0) is 41.3. The molecule has 0 atom stereocenters. The molecular formula is C56H120O2. The Morgan fingerprint density at radius 1 is 0.207 bits per heavy atom. The quantitative estimate of drug-likeness (QED) is 0.266. The molecule has 58 heavy (non-hydrogen) atoms. The first-order chi connectivity index (χ1) is 28.1. The zero-order valence-electron chi connectivity index (χ0n) is 40.7. The Kier molecular flexibility index (Phi) is 22.4. The van der Waals surface area contributed by atoms with E-state index in [9.17, 15) is 0 Å². The normalized spacial score (nSPS) is 43.9. The minimum atomic E-state index is 0. The summed E-state index contributed by atoms with van der Waals surface area (Å²) in [5, 5.41) is 0. The average molecular weight is 826 g/mol. The highest BCUT2D eigenvalue weighted by Crippen LogP contribution is 2.44. The van der Waals surface area contributed by atoms with Crippen LogP contribution in [0.5, 0.6) is 0 Å². The molecule has 8 rings (SSSR count). The second-order valence-electron chi connectivity index (χ2n) is 23.7. The van der Waals surface area contributed by atoms with E-state index in [-0.39, 0.29) is 11.4 Å². The molecule has 0 N–H and O–H groups in total. The Morgan fingerprint density at radius 3 is 0.448 bits per heavy atom. The summed E-state index contributed by atoms with van der Waals surface area (Å²) < 4.78 is 10.9. The molecule has 8 fully saturated rings. The Labute approximate surface area is 376 Å². The number of hydrogen-bond donors (Lipinski definition) is 0. The lowest BCUT2D eigenvalue weighted by atomic mass is 9.70. The van der Waals surface area contributed by atoms with Crippen LogP contribution < -0.4 is 0 Å². The maximum Gasteiger partial charge on any atom is 0.0571 e. The van der Waals surface area contributed by atoms with Crippen LogP contribution in [0.25, 0.3) is 0 Å². The van der Waals surface area contributed by atoms with E-state index in [1.54, 1.807) is 51.4 Å². The predicted molar refractivity (Wildman–Crippen MR) is 269 cm³/mol. The fourth-order valence-electron chi connectivity index (χ4n) is 14.1. The predicted octanol–water partition coefficient (Wildman–Crippen LogP) is 19.3.